The predicted molar refractivity (Wildman–Crippen MR) is 81.5 cm³/mol. The molecular formula is C16H25N3. The van der Waals surface area contributed by atoms with Crippen molar-refractivity contribution >= 4 is 11.0 Å². The number of nitrogens with one attached hydrogen (secondary N) is 1. The molecule has 0 aliphatic heterocycles. The molecule has 104 valence electrons. The highest BCUT2D eigenvalue weighted by molar-refractivity contribution is 5.75. The lowest BCUT2D eigenvalue weighted by Gasteiger charge is -2.12. The first-order valence-electron chi connectivity index (χ1n) is 7.43. The Kier molecular flexibility index (Phi) is 4.97. The van der Waals surface area contributed by atoms with Crippen LogP contribution in [0.3, 0.4) is 0 Å². The normalized spacial score (nSPS) is 13.0. The second-order valence-electron chi connectivity index (χ2n) is 5.11. The van der Waals surface area contributed by atoms with Gasteiger partial charge >= 0.3 is 0 Å². The van der Waals surface area contributed by atoms with Crippen LogP contribution >= 0.6 is 0 Å². The van der Waals surface area contributed by atoms with Crippen molar-refractivity contribution in [2.24, 2.45) is 0 Å². The zero-order valence-electron chi connectivity index (χ0n) is 12.3. The van der Waals surface area contributed by atoms with Crippen molar-refractivity contribution in [1.82, 2.24) is 14.9 Å². The highest BCUT2D eigenvalue weighted by Gasteiger charge is 2.09. The molecule has 2 rings (SSSR count). The first-order chi connectivity index (χ1) is 9.26. The number of imidazole rings is 1. The fraction of sp³-hybridized carbons (Fsp3) is 0.562. The van der Waals surface area contributed by atoms with Crippen LogP contribution in [0.4, 0.5) is 0 Å². The van der Waals surface area contributed by atoms with Crippen LogP contribution in [0.5, 0.6) is 0 Å². The number of aryl methyl sites for hydroxylation is 2. The monoisotopic (exact) mass is 259 g/mol. The SMILES string of the molecule is CCNC(C)CCCc1nc2ccccc2n1CC. The smallest absolute Gasteiger partial charge is 0.109 e. The molecule has 1 atom stereocenters. The minimum Gasteiger partial charge on any atom is -0.328 e. The summed E-state index contributed by atoms with van der Waals surface area (Å²) in [5, 5.41) is 3.46. The summed E-state index contributed by atoms with van der Waals surface area (Å²) in [5.41, 5.74) is 2.39. The molecule has 0 radical (unpaired) electrons. The van der Waals surface area contributed by atoms with Crippen LogP contribution in [0.1, 0.15) is 39.4 Å². The number of hydrogen-bond donors (Lipinski definition) is 1. The van der Waals surface area contributed by atoms with E-state index in [9.17, 15) is 0 Å². The van der Waals surface area contributed by atoms with E-state index in [1.807, 2.05) is 0 Å². The van der Waals surface area contributed by atoms with Crippen LogP contribution in [-0.4, -0.2) is 22.1 Å². The third-order valence-electron chi connectivity index (χ3n) is 3.64. The number of para-hydroxylation sites is 2. The Morgan fingerprint density at radius 3 is 2.79 bits per heavy atom. The lowest BCUT2D eigenvalue weighted by molar-refractivity contribution is 0.506. The van der Waals surface area contributed by atoms with Gasteiger partial charge in [0.05, 0.1) is 11.0 Å². The van der Waals surface area contributed by atoms with Gasteiger partial charge in [-0.25, -0.2) is 4.98 Å². The van der Waals surface area contributed by atoms with Crippen molar-refractivity contribution in [2.75, 3.05) is 6.54 Å². The molecule has 1 N–H and O–H groups in total. The minimum absolute atomic E-state index is 0.601. The van der Waals surface area contributed by atoms with Gasteiger partial charge in [-0.15, -0.1) is 0 Å². The van der Waals surface area contributed by atoms with E-state index in [0.717, 1.165) is 25.0 Å². The van der Waals surface area contributed by atoms with Gasteiger partial charge in [0.1, 0.15) is 5.82 Å². The van der Waals surface area contributed by atoms with Gasteiger partial charge in [0.2, 0.25) is 0 Å². The number of nitrogens with zero attached hydrogens (tertiary/aromatic N) is 2. The molecule has 3 heteroatoms. The van der Waals surface area contributed by atoms with Gasteiger partial charge in [0.25, 0.3) is 0 Å². The topological polar surface area (TPSA) is 29.9 Å². The molecule has 2 aromatic rings. The molecule has 3 nitrogen and oxygen atoms in total. The average Bonchev–Trinajstić information content (AvgIpc) is 2.76. The standard InChI is InChI=1S/C16H25N3/c1-4-17-13(3)9-8-12-16-18-14-10-6-7-11-15(14)19(16)5-2/h6-7,10-11,13,17H,4-5,8-9,12H2,1-3H3. The van der Waals surface area contributed by atoms with Crippen molar-refractivity contribution in [2.45, 2.75) is 52.6 Å². The number of aromatic nitrogens is 2. The molecule has 0 bridgehead atoms. The van der Waals surface area contributed by atoms with Gasteiger partial charge in [0.15, 0.2) is 0 Å². The molecule has 0 aliphatic rings. The summed E-state index contributed by atoms with van der Waals surface area (Å²) in [7, 11) is 0. The van der Waals surface area contributed by atoms with Gasteiger partial charge in [0, 0.05) is 19.0 Å². The maximum absolute atomic E-state index is 4.77. The van der Waals surface area contributed by atoms with Gasteiger partial charge in [-0.05, 0) is 45.4 Å². The minimum atomic E-state index is 0.601. The molecule has 1 heterocycles. The Hall–Kier alpha value is -1.35. The van der Waals surface area contributed by atoms with Crippen LogP contribution in [0.15, 0.2) is 24.3 Å². The van der Waals surface area contributed by atoms with Crippen molar-refractivity contribution in [3.8, 4) is 0 Å². The summed E-state index contributed by atoms with van der Waals surface area (Å²) in [5.74, 6) is 1.23. The van der Waals surface area contributed by atoms with E-state index in [1.54, 1.807) is 0 Å². The van der Waals surface area contributed by atoms with Crippen LogP contribution in [-0.2, 0) is 13.0 Å². The Morgan fingerprint density at radius 2 is 2.05 bits per heavy atom. The highest BCUT2D eigenvalue weighted by Crippen LogP contribution is 2.17. The van der Waals surface area contributed by atoms with E-state index in [2.05, 4.69) is 54.9 Å². The number of rotatable bonds is 7. The van der Waals surface area contributed by atoms with Crippen LogP contribution in [0.2, 0.25) is 0 Å². The fourth-order valence-electron chi connectivity index (χ4n) is 2.69. The molecule has 0 saturated carbocycles. The molecule has 0 fully saturated rings. The van der Waals surface area contributed by atoms with Crippen molar-refractivity contribution in [3.05, 3.63) is 30.1 Å². The van der Waals surface area contributed by atoms with Crippen molar-refractivity contribution in [3.63, 3.8) is 0 Å². The zero-order valence-corrected chi connectivity index (χ0v) is 12.3. The highest BCUT2D eigenvalue weighted by atomic mass is 15.1. The number of benzene rings is 1. The Morgan fingerprint density at radius 1 is 1.26 bits per heavy atom. The lowest BCUT2D eigenvalue weighted by atomic mass is 10.1. The predicted octanol–water partition coefficient (Wildman–Crippen LogP) is 3.38. The van der Waals surface area contributed by atoms with Crippen LogP contribution in [0.25, 0.3) is 11.0 Å². The first kappa shape index (κ1) is 14.1. The summed E-state index contributed by atoms with van der Waals surface area (Å²) in [6, 6.07) is 9.02. The summed E-state index contributed by atoms with van der Waals surface area (Å²) in [6.07, 6.45) is 3.47. The molecule has 1 unspecified atom stereocenters. The third-order valence-corrected chi connectivity index (χ3v) is 3.64. The zero-order chi connectivity index (χ0) is 13.7. The van der Waals surface area contributed by atoms with Crippen molar-refractivity contribution < 1.29 is 0 Å². The average molecular weight is 259 g/mol. The van der Waals surface area contributed by atoms with Crippen LogP contribution in [0, 0.1) is 0 Å². The summed E-state index contributed by atoms with van der Waals surface area (Å²) in [6.45, 7) is 8.66. The molecular weight excluding hydrogens is 234 g/mol. The molecule has 1 aromatic carbocycles. The van der Waals surface area contributed by atoms with E-state index in [0.29, 0.717) is 6.04 Å². The Labute approximate surface area is 116 Å². The molecule has 0 spiro atoms. The fourth-order valence-corrected chi connectivity index (χ4v) is 2.69. The molecule has 0 saturated heterocycles. The van der Waals surface area contributed by atoms with Gasteiger partial charge in [-0.2, -0.15) is 0 Å². The maximum Gasteiger partial charge on any atom is 0.109 e. The Bertz CT molecular complexity index is 516. The summed E-state index contributed by atoms with van der Waals surface area (Å²) >= 11 is 0. The van der Waals surface area contributed by atoms with Crippen LogP contribution < -0.4 is 5.32 Å². The first-order valence-corrected chi connectivity index (χ1v) is 7.43. The van der Waals surface area contributed by atoms with Crippen molar-refractivity contribution in [1.29, 1.82) is 0 Å². The molecule has 1 aromatic heterocycles. The lowest BCUT2D eigenvalue weighted by Crippen LogP contribution is -2.25. The van der Waals surface area contributed by atoms with E-state index in [4.69, 9.17) is 4.98 Å². The molecule has 0 aliphatic carbocycles. The Balaban J connectivity index is 2.04. The van der Waals surface area contributed by atoms with Gasteiger partial charge < -0.3 is 9.88 Å². The summed E-state index contributed by atoms with van der Waals surface area (Å²) < 4.78 is 2.34. The molecule has 19 heavy (non-hydrogen) atoms. The quantitative estimate of drug-likeness (QED) is 0.826. The van der Waals surface area contributed by atoms with E-state index in [-0.39, 0.29) is 0 Å². The largest absolute Gasteiger partial charge is 0.328 e. The van der Waals surface area contributed by atoms with E-state index < -0.39 is 0 Å². The van der Waals surface area contributed by atoms with Gasteiger partial charge in [-0.3, -0.25) is 0 Å². The summed E-state index contributed by atoms with van der Waals surface area (Å²) in [4.78, 5) is 4.77. The molecule has 0 amide bonds. The second kappa shape index (κ2) is 6.71. The number of hydrogen-bond acceptors (Lipinski definition) is 2. The second-order valence-corrected chi connectivity index (χ2v) is 5.11. The maximum atomic E-state index is 4.77. The number of fused-ring (bicyclic) bond motifs is 1. The van der Waals surface area contributed by atoms with E-state index in [1.165, 1.54) is 24.2 Å². The van der Waals surface area contributed by atoms with Gasteiger partial charge in [-0.1, -0.05) is 19.1 Å². The third kappa shape index (κ3) is 3.35. The van der Waals surface area contributed by atoms with E-state index >= 15 is 0 Å².